The van der Waals surface area contributed by atoms with Gasteiger partial charge in [-0.1, -0.05) is 23.2 Å². The van der Waals surface area contributed by atoms with E-state index < -0.39 is 5.60 Å². The number of anilines is 1. The standard InChI is InChI=1S/C16H22Cl2N4O2/c1-15(2,3)24-14(23)21-6-4-16(5-7-21)9-22(10-16)11-8-12(17)19-20-13(11)18/h8H,4-7,9-10H2,1-3H3. The highest BCUT2D eigenvalue weighted by molar-refractivity contribution is 6.33. The zero-order chi connectivity index (χ0) is 17.5. The summed E-state index contributed by atoms with van der Waals surface area (Å²) in [6, 6.07) is 1.75. The summed E-state index contributed by atoms with van der Waals surface area (Å²) in [6.45, 7) is 8.92. The highest BCUT2D eigenvalue weighted by Crippen LogP contribution is 2.44. The van der Waals surface area contributed by atoms with E-state index in [2.05, 4.69) is 15.1 Å². The van der Waals surface area contributed by atoms with Crippen LogP contribution >= 0.6 is 23.2 Å². The predicted octanol–water partition coefficient (Wildman–Crippen LogP) is 3.62. The van der Waals surface area contributed by atoms with E-state index in [1.54, 1.807) is 11.0 Å². The zero-order valence-electron chi connectivity index (χ0n) is 14.2. The number of halogens is 2. The Bertz CT molecular complexity index is 631. The highest BCUT2D eigenvalue weighted by Gasteiger charge is 2.46. The number of hydrogen-bond donors (Lipinski definition) is 0. The molecule has 0 atom stereocenters. The summed E-state index contributed by atoms with van der Waals surface area (Å²) in [6.07, 6.45) is 1.71. The maximum absolute atomic E-state index is 12.1. The lowest BCUT2D eigenvalue weighted by Gasteiger charge is -2.54. The minimum Gasteiger partial charge on any atom is -0.444 e. The molecule has 3 rings (SSSR count). The Hall–Kier alpha value is -1.27. The maximum atomic E-state index is 12.1. The van der Waals surface area contributed by atoms with Crippen LogP contribution in [-0.2, 0) is 4.74 Å². The van der Waals surface area contributed by atoms with Crippen LogP contribution in [0, 0.1) is 5.41 Å². The first kappa shape index (κ1) is 17.5. The van der Waals surface area contributed by atoms with Gasteiger partial charge in [0, 0.05) is 37.7 Å². The molecule has 0 aliphatic carbocycles. The molecular formula is C16H22Cl2N4O2. The van der Waals surface area contributed by atoms with Gasteiger partial charge in [0.15, 0.2) is 10.3 Å². The van der Waals surface area contributed by atoms with E-state index in [0.717, 1.165) is 44.7 Å². The molecule has 2 aliphatic rings. The lowest BCUT2D eigenvalue weighted by Crippen LogP contribution is -2.61. The van der Waals surface area contributed by atoms with Gasteiger partial charge in [-0.15, -0.1) is 10.2 Å². The minimum atomic E-state index is -0.455. The van der Waals surface area contributed by atoms with E-state index in [-0.39, 0.29) is 11.5 Å². The number of carbonyl (C=O) groups excluding carboxylic acids is 1. The lowest BCUT2D eigenvalue weighted by molar-refractivity contribution is 0.00598. The molecule has 6 nitrogen and oxygen atoms in total. The third-order valence-corrected chi connectivity index (χ3v) is 5.02. The second kappa shape index (κ2) is 6.23. The van der Waals surface area contributed by atoms with Crippen LogP contribution in [0.25, 0.3) is 0 Å². The molecule has 0 N–H and O–H groups in total. The molecule has 0 aromatic carbocycles. The Labute approximate surface area is 152 Å². The van der Waals surface area contributed by atoms with Crippen molar-refractivity contribution in [1.29, 1.82) is 0 Å². The molecule has 8 heteroatoms. The number of likely N-dealkylation sites (tertiary alicyclic amines) is 1. The monoisotopic (exact) mass is 372 g/mol. The largest absolute Gasteiger partial charge is 0.444 e. The number of piperidine rings is 1. The molecule has 0 saturated carbocycles. The number of aromatic nitrogens is 2. The molecular weight excluding hydrogens is 351 g/mol. The number of carbonyl (C=O) groups is 1. The van der Waals surface area contributed by atoms with Gasteiger partial charge in [0.05, 0.1) is 5.69 Å². The first-order valence-corrected chi connectivity index (χ1v) is 8.85. The van der Waals surface area contributed by atoms with E-state index in [0.29, 0.717) is 10.3 Å². The molecule has 2 saturated heterocycles. The summed E-state index contributed by atoms with van der Waals surface area (Å²) in [7, 11) is 0. The Morgan fingerprint density at radius 2 is 1.83 bits per heavy atom. The smallest absolute Gasteiger partial charge is 0.410 e. The highest BCUT2D eigenvalue weighted by atomic mass is 35.5. The van der Waals surface area contributed by atoms with Crippen LogP contribution < -0.4 is 4.90 Å². The van der Waals surface area contributed by atoms with Crippen molar-refractivity contribution < 1.29 is 9.53 Å². The van der Waals surface area contributed by atoms with Crippen molar-refractivity contribution >= 4 is 35.0 Å². The van der Waals surface area contributed by atoms with Crippen LogP contribution in [0.15, 0.2) is 6.07 Å². The van der Waals surface area contributed by atoms with Crippen LogP contribution in [0.1, 0.15) is 33.6 Å². The van der Waals surface area contributed by atoms with Gasteiger partial charge in [-0.2, -0.15) is 0 Å². The van der Waals surface area contributed by atoms with Crippen LogP contribution in [0.3, 0.4) is 0 Å². The van der Waals surface area contributed by atoms with Gasteiger partial charge in [-0.25, -0.2) is 4.79 Å². The number of hydrogen-bond acceptors (Lipinski definition) is 5. The fraction of sp³-hybridized carbons (Fsp3) is 0.688. The number of amides is 1. The summed E-state index contributed by atoms with van der Waals surface area (Å²) in [4.78, 5) is 16.1. The molecule has 0 radical (unpaired) electrons. The second-order valence-corrected chi connectivity index (χ2v) is 8.41. The van der Waals surface area contributed by atoms with Crippen LogP contribution in [0.5, 0.6) is 0 Å². The van der Waals surface area contributed by atoms with Gasteiger partial charge in [0.2, 0.25) is 0 Å². The number of ether oxygens (including phenoxy) is 1. The topological polar surface area (TPSA) is 58.6 Å². The van der Waals surface area contributed by atoms with Crippen molar-refractivity contribution in [2.45, 2.75) is 39.2 Å². The van der Waals surface area contributed by atoms with Crippen LogP contribution in [-0.4, -0.2) is 53.0 Å². The summed E-state index contributed by atoms with van der Waals surface area (Å²) in [5.41, 5.74) is 0.610. The van der Waals surface area contributed by atoms with Gasteiger partial charge in [0.1, 0.15) is 5.60 Å². The fourth-order valence-electron chi connectivity index (χ4n) is 3.31. The SMILES string of the molecule is CC(C)(C)OC(=O)N1CCC2(CC1)CN(c1cc(Cl)nnc1Cl)C2. The quantitative estimate of drug-likeness (QED) is 0.753. The third kappa shape index (κ3) is 3.70. The van der Waals surface area contributed by atoms with Gasteiger partial charge in [-0.3, -0.25) is 0 Å². The fourth-order valence-corrected chi connectivity index (χ4v) is 3.66. The molecule has 0 bridgehead atoms. The Balaban J connectivity index is 1.55. The molecule has 3 heterocycles. The van der Waals surface area contributed by atoms with Gasteiger partial charge >= 0.3 is 6.09 Å². The van der Waals surface area contributed by atoms with Crippen molar-refractivity contribution in [3.8, 4) is 0 Å². The molecule has 24 heavy (non-hydrogen) atoms. The first-order valence-electron chi connectivity index (χ1n) is 8.09. The van der Waals surface area contributed by atoms with E-state index >= 15 is 0 Å². The molecule has 1 aromatic rings. The molecule has 0 unspecified atom stereocenters. The average molecular weight is 373 g/mol. The second-order valence-electron chi connectivity index (χ2n) is 7.67. The molecule has 2 aliphatic heterocycles. The van der Waals surface area contributed by atoms with Crippen molar-refractivity contribution in [3.05, 3.63) is 16.4 Å². The van der Waals surface area contributed by atoms with E-state index in [1.165, 1.54) is 0 Å². The Morgan fingerprint density at radius 1 is 1.21 bits per heavy atom. The summed E-state index contributed by atoms with van der Waals surface area (Å²) >= 11 is 12.0. The van der Waals surface area contributed by atoms with Gasteiger partial charge in [0.25, 0.3) is 0 Å². The van der Waals surface area contributed by atoms with Crippen molar-refractivity contribution in [1.82, 2.24) is 15.1 Å². The normalized spacial score (nSPS) is 20.0. The first-order chi connectivity index (χ1) is 11.2. The third-order valence-electron chi connectivity index (χ3n) is 4.57. The molecule has 2 fully saturated rings. The zero-order valence-corrected chi connectivity index (χ0v) is 15.7. The molecule has 1 amide bonds. The van der Waals surface area contributed by atoms with Crippen molar-refractivity contribution in [3.63, 3.8) is 0 Å². The molecule has 1 spiro atoms. The number of nitrogens with zero attached hydrogens (tertiary/aromatic N) is 4. The molecule has 1 aromatic heterocycles. The number of rotatable bonds is 1. The van der Waals surface area contributed by atoms with E-state index in [4.69, 9.17) is 27.9 Å². The van der Waals surface area contributed by atoms with Gasteiger partial charge in [-0.05, 0) is 33.6 Å². The molecule has 132 valence electrons. The van der Waals surface area contributed by atoms with E-state index in [1.807, 2.05) is 20.8 Å². The maximum Gasteiger partial charge on any atom is 0.410 e. The summed E-state index contributed by atoms with van der Waals surface area (Å²) in [5, 5.41) is 8.32. The van der Waals surface area contributed by atoms with Crippen LogP contribution in [0.4, 0.5) is 10.5 Å². The summed E-state index contributed by atoms with van der Waals surface area (Å²) in [5.74, 6) is 0. The minimum absolute atomic E-state index is 0.221. The van der Waals surface area contributed by atoms with Crippen molar-refractivity contribution in [2.24, 2.45) is 5.41 Å². The Morgan fingerprint density at radius 3 is 2.42 bits per heavy atom. The lowest BCUT2D eigenvalue weighted by atomic mass is 9.72. The van der Waals surface area contributed by atoms with Crippen molar-refractivity contribution in [2.75, 3.05) is 31.1 Å². The summed E-state index contributed by atoms with van der Waals surface area (Å²) < 4.78 is 5.45. The predicted molar refractivity (Wildman–Crippen MR) is 93.7 cm³/mol. The average Bonchev–Trinajstić information content (AvgIpc) is 2.46. The Kier molecular flexibility index (Phi) is 4.55. The van der Waals surface area contributed by atoms with Crippen LogP contribution in [0.2, 0.25) is 10.3 Å². The van der Waals surface area contributed by atoms with E-state index in [9.17, 15) is 4.79 Å². The van der Waals surface area contributed by atoms with Gasteiger partial charge < -0.3 is 14.5 Å².